The van der Waals surface area contributed by atoms with E-state index in [1.807, 2.05) is 26.0 Å². The number of carboxylic acid groups (broad SMARTS) is 1. The van der Waals surface area contributed by atoms with E-state index in [2.05, 4.69) is 10.6 Å². The van der Waals surface area contributed by atoms with E-state index >= 15 is 0 Å². The molecule has 5 nitrogen and oxygen atoms in total. The maximum atomic E-state index is 11.7. The molecule has 0 radical (unpaired) electrons. The number of amides is 1. The zero-order valence-corrected chi connectivity index (χ0v) is 10.1. The molecular formula is C12H16N2O3. The minimum Gasteiger partial charge on any atom is -0.480 e. The number of rotatable bonds is 4. The molecule has 0 aliphatic rings. The van der Waals surface area contributed by atoms with Crippen molar-refractivity contribution < 1.29 is 14.7 Å². The van der Waals surface area contributed by atoms with Crippen LogP contribution in [0, 0.1) is 13.8 Å². The lowest BCUT2D eigenvalue weighted by Gasteiger charge is -2.13. The SMILES string of the molecule is CNC(C(=O)O)C(=O)Nc1ccc(C)cc1C. The fraction of sp³-hybridized carbons (Fsp3) is 0.333. The molecule has 1 aromatic carbocycles. The van der Waals surface area contributed by atoms with Crippen LogP contribution < -0.4 is 10.6 Å². The minimum absolute atomic E-state index is 0.577. The monoisotopic (exact) mass is 236 g/mol. The van der Waals surface area contributed by atoms with E-state index in [-0.39, 0.29) is 0 Å². The molecule has 1 rings (SSSR count). The van der Waals surface area contributed by atoms with Gasteiger partial charge in [-0.05, 0) is 32.5 Å². The Hall–Kier alpha value is -1.88. The molecule has 1 unspecified atom stereocenters. The summed E-state index contributed by atoms with van der Waals surface area (Å²) < 4.78 is 0. The van der Waals surface area contributed by atoms with Crippen molar-refractivity contribution in [3.05, 3.63) is 29.3 Å². The summed E-state index contributed by atoms with van der Waals surface area (Å²) in [5, 5.41) is 13.8. The van der Waals surface area contributed by atoms with Crippen molar-refractivity contribution in [1.29, 1.82) is 0 Å². The quantitative estimate of drug-likeness (QED) is 0.679. The molecule has 0 aliphatic heterocycles. The number of aliphatic carboxylic acids is 1. The first-order chi connectivity index (χ1) is 7.95. The summed E-state index contributed by atoms with van der Waals surface area (Å²) in [5.74, 6) is -1.78. The van der Waals surface area contributed by atoms with Crippen LogP contribution in [-0.2, 0) is 9.59 Å². The van der Waals surface area contributed by atoms with Gasteiger partial charge in [0.15, 0.2) is 6.04 Å². The van der Waals surface area contributed by atoms with Crippen molar-refractivity contribution in [1.82, 2.24) is 5.32 Å². The number of hydrogen-bond donors (Lipinski definition) is 3. The molecule has 0 spiro atoms. The Morgan fingerprint density at radius 2 is 1.94 bits per heavy atom. The second-order valence-corrected chi connectivity index (χ2v) is 3.87. The van der Waals surface area contributed by atoms with E-state index in [0.717, 1.165) is 11.1 Å². The summed E-state index contributed by atoms with van der Waals surface area (Å²) in [6.07, 6.45) is 0. The molecule has 1 atom stereocenters. The zero-order valence-electron chi connectivity index (χ0n) is 10.1. The largest absolute Gasteiger partial charge is 0.480 e. The zero-order chi connectivity index (χ0) is 13.0. The van der Waals surface area contributed by atoms with Crippen molar-refractivity contribution in [3.8, 4) is 0 Å². The second kappa shape index (κ2) is 5.45. The van der Waals surface area contributed by atoms with Crippen LogP contribution >= 0.6 is 0 Å². The average Bonchev–Trinajstić information content (AvgIpc) is 2.22. The molecule has 0 bridgehead atoms. The van der Waals surface area contributed by atoms with Crippen LogP contribution in [0.5, 0.6) is 0 Å². The van der Waals surface area contributed by atoms with Crippen LogP contribution in [0.4, 0.5) is 5.69 Å². The van der Waals surface area contributed by atoms with Crippen molar-refractivity contribution in [2.45, 2.75) is 19.9 Å². The Morgan fingerprint density at radius 3 is 2.41 bits per heavy atom. The van der Waals surface area contributed by atoms with Crippen LogP contribution in [0.1, 0.15) is 11.1 Å². The normalized spacial score (nSPS) is 11.9. The van der Waals surface area contributed by atoms with Crippen molar-refractivity contribution >= 4 is 17.6 Å². The number of carbonyl (C=O) groups excluding carboxylic acids is 1. The fourth-order valence-electron chi connectivity index (χ4n) is 1.53. The van der Waals surface area contributed by atoms with Crippen LogP contribution in [0.3, 0.4) is 0 Å². The van der Waals surface area contributed by atoms with Gasteiger partial charge in [0.25, 0.3) is 5.91 Å². The summed E-state index contributed by atoms with van der Waals surface area (Å²) in [5.41, 5.74) is 2.62. The van der Waals surface area contributed by atoms with Crippen LogP contribution in [0.15, 0.2) is 18.2 Å². The van der Waals surface area contributed by atoms with E-state index in [0.29, 0.717) is 5.69 Å². The third-order valence-electron chi connectivity index (χ3n) is 2.44. The number of likely N-dealkylation sites (N-methyl/N-ethyl adjacent to an activating group) is 1. The molecule has 0 saturated carbocycles. The molecule has 0 heterocycles. The summed E-state index contributed by atoms with van der Waals surface area (Å²) in [4.78, 5) is 22.4. The van der Waals surface area contributed by atoms with Gasteiger partial charge in [0, 0.05) is 5.69 Å². The highest BCUT2D eigenvalue weighted by Gasteiger charge is 2.24. The predicted molar refractivity (Wildman–Crippen MR) is 65.0 cm³/mol. The Bertz CT molecular complexity index is 443. The molecule has 1 amide bonds. The van der Waals surface area contributed by atoms with Crippen molar-refractivity contribution in [2.75, 3.05) is 12.4 Å². The fourth-order valence-corrected chi connectivity index (χ4v) is 1.53. The molecular weight excluding hydrogens is 220 g/mol. The van der Waals surface area contributed by atoms with Gasteiger partial charge in [-0.15, -0.1) is 0 Å². The van der Waals surface area contributed by atoms with E-state index in [9.17, 15) is 9.59 Å². The maximum absolute atomic E-state index is 11.7. The van der Waals surface area contributed by atoms with Gasteiger partial charge in [0.2, 0.25) is 0 Å². The molecule has 0 aliphatic carbocycles. The van der Waals surface area contributed by atoms with Gasteiger partial charge < -0.3 is 10.4 Å². The third kappa shape index (κ3) is 3.29. The number of nitrogens with one attached hydrogen (secondary N) is 2. The molecule has 3 N–H and O–H groups in total. The van der Waals surface area contributed by atoms with Gasteiger partial charge in [0.1, 0.15) is 0 Å². The van der Waals surface area contributed by atoms with Gasteiger partial charge in [0.05, 0.1) is 0 Å². The van der Waals surface area contributed by atoms with Crippen molar-refractivity contribution in [3.63, 3.8) is 0 Å². The lowest BCUT2D eigenvalue weighted by molar-refractivity contribution is -0.142. The maximum Gasteiger partial charge on any atom is 0.330 e. The third-order valence-corrected chi connectivity index (χ3v) is 2.44. The Labute approximate surface area is 99.8 Å². The number of anilines is 1. The molecule has 1 aromatic rings. The number of benzene rings is 1. The van der Waals surface area contributed by atoms with Crippen LogP contribution in [0.25, 0.3) is 0 Å². The second-order valence-electron chi connectivity index (χ2n) is 3.87. The molecule has 17 heavy (non-hydrogen) atoms. The first-order valence-corrected chi connectivity index (χ1v) is 5.24. The summed E-state index contributed by atoms with van der Waals surface area (Å²) in [6.45, 7) is 3.81. The Morgan fingerprint density at radius 1 is 1.29 bits per heavy atom. The highest BCUT2D eigenvalue weighted by molar-refractivity contribution is 6.08. The number of aryl methyl sites for hydroxylation is 2. The van der Waals surface area contributed by atoms with Gasteiger partial charge in [-0.2, -0.15) is 0 Å². The van der Waals surface area contributed by atoms with Crippen LogP contribution in [0.2, 0.25) is 0 Å². The molecule has 92 valence electrons. The van der Waals surface area contributed by atoms with Crippen molar-refractivity contribution in [2.24, 2.45) is 0 Å². The lowest BCUT2D eigenvalue weighted by Crippen LogP contribution is -2.44. The van der Waals surface area contributed by atoms with Crippen LogP contribution in [-0.4, -0.2) is 30.1 Å². The van der Waals surface area contributed by atoms with E-state index in [1.165, 1.54) is 7.05 Å². The standard InChI is InChI=1S/C12H16N2O3/c1-7-4-5-9(8(2)6-7)14-11(15)10(13-3)12(16)17/h4-6,10,13H,1-3H3,(H,14,15)(H,16,17). The number of hydrogen-bond acceptors (Lipinski definition) is 3. The smallest absolute Gasteiger partial charge is 0.330 e. The van der Waals surface area contributed by atoms with E-state index < -0.39 is 17.9 Å². The first kappa shape index (κ1) is 13.2. The van der Waals surface area contributed by atoms with Gasteiger partial charge in [-0.1, -0.05) is 17.7 Å². The van der Waals surface area contributed by atoms with Gasteiger partial charge in [-0.3, -0.25) is 10.1 Å². The molecule has 0 aromatic heterocycles. The number of carbonyl (C=O) groups is 2. The number of carboxylic acids is 1. The highest BCUT2D eigenvalue weighted by atomic mass is 16.4. The molecule has 0 fully saturated rings. The molecule has 0 saturated heterocycles. The Kier molecular flexibility index (Phi) is 4.23. The summed E-state index contributed by atoms with van der Waals surface area (Å²) in [6, 6.07) is 4.30. The highest BCUT2D eigenvalue weighted by Crippen LogP contribution is 2.16. The Balaban J connectivity index is 2.84. The van der Waals surface area contributed by atoms with E-state index in [4.69, 9.17) is 5.11 Å². The average molecular weight is 236 g/mol. The van der Waals surface area contributed by atoms with Gasteiger partial charge in [-0.25, -0.2) is 4.79 Å². The lowest BCUT2D eigenvalue weighted by atomic mass is 10.1. The molecule has 5 heteroatoms. The summed E-state index contributed by atoms with van der Waals surface area (Å²) >= 11 is 0. The van der Waals surface area contributed by atoms with E-state index in [1.54, 1.807) is 6.07 Å². The predicted octanol–water partition coefficient (Wildman–Crippen LogP) is 0.915. The first-order valence-electron chi connectivity index (χ1n) is 5.24. The van der Waals surface area contributed by atoms with Gasteiger partial charge >= 0.3 is 5.97 Å². The minimum atomic E-state index is -1.24. The summed E-state index contributed by atoms with van der Waals surface area (Å²) in [7, 11) is 1.43. The topological polar surface area (TPSA) is 78.4 Å².